The number of halogens is 1. The summed E-state index contributed by atoms with van der Waals surface area (Å²) < 4.78 is 13.3. The highest BCUT2D eigenvalue weighted by molar-refractivity contribution is 6.08. The standard InChI is InChI=1S/C19H23FN2O3/c1-12(17(23)21(2)11-13-6-5-7-14(20)10-13)22-18(24)15-8-3-4-9-16(15)19(22)25/h5-7,10,12,15-16H,3-4,8-9,11H2,1-2H3. The van der Waals surface area contributed by atoms with Gasteiger partial charge >= 0.3 is 0 Å². The van der Waals surface area contributed by atoms with E-state index in [9.17, 15) is 18.8 Å². The van der Waals surface area contributed by atoms with Gasteiger partial charge in [0.1, 0.15) is 11.9 Å². The van der Waals surface area contributed by atoms with Crippen molar-refractivity contribution in [2.24, 2.45) is 11.8 Å². The zero-order valence-electron chi connectivity index (χ0n) is 14.6. The number of rotatable bonds is 4. The monoisotopic (exact) mass is 346 g/mol. The minimum Gasteiger partial charge on any atom is -0.340 e. The van der Waals surface area contributed by atoms with Crippen molar-refractivity contribution in [1.29, 1.82) is 0 Å². The molecule has 1 aliphatic carbocycles. The van der Waals surface area contributed by atoms with Crippen LogP contribution in [0, 0.1) is 17.7 Å². The molecule has 3 rings (SSSR count). The van der Waals surface area contributed by atoms with E-state index >= 15 is 0 Å². The van der Waals surface area contributed by atoms with Gasteiger partial charge in [0.15, 0.2) is 0 Å². The summed E-state index contributed by atoms with van der Waals surface area (Å²) in [6.45, 7) is 1.82. The number of fused-ring (bicyclic) bond motifs is 1. The second-order valence-electron chi connectivity index (χ2n) is 7.04. The van der Waals surface area contributed by atoms with E-state index in [2.05, 4.69) is 0 Å². The van der Waals surface area contributed by atoms with Crippen molar-refractivity contribution in [2.45, 2.75) is 45.2 Å². The Morgan fingerprint density at radius 3 is 2.40 bits per heavy atom. The van der Waals surface area contributed by atoms with Gasteiger partial charge < -0.3 is 4.90 Å². The van der Waals surface area contributed by atoms with Crippen molar-refractivity contribution in [1.82, 2.24) is 9.80 Å². The molecule has 1 aromatic rings. The highest BCUT2D eigenvalue weighted by Gasteiger charge is 2.51. The predicted octanol–water partition coefficient (Wildman–Crippen LogP) is 2.35. The fraction of sp³-hybridized carbons (Fsp3) is 0.526. The zero-order chi connectivity index (χ0) is 18.1. The molecule has 1 aliphatic heterocycles. The van der Waals surface area contributed by atoms with Crippen molar-refractivity contribution in [2.75, 3.05) is 7.05 Å². The normalized spacial score (nSPS) is 24.2. The van der Waals surface area contributed by atoms with Crippen LogP contribution in [0.2, 0.25) is 0 Å². The first-order valence-electron chi connectivity index (χ1n) is 8.76. The maximum Gasteiger partial charge on any atom is 0.245 e. The van der Waals surface area contributed by atoms with Crippen molar-refractivity contribution < 1.29 is 18.8 Å². The minimum absolute atomic E-state index is 0.213. The fourth-order valence-electron chi connectivity index (χ4n) is 3.99. The van der Waals surface area contributed by atoms with E-state index in [1.54, 1.807) is 26.1 Å². The molecule has 134 valence electrons. The van der Waals surface area contributed by atoms with Crippen LogP contribution >= 0.6 is 0 Å². The van der Waals surface area contributed by atoms with E-state index in [0.29, 0.717) is 5.56 Å². The molecule has 3 atom stereocenters. The third-order valence-corrected chi connectivity index (χ3v) is 5.30. The van der Waals surface area contributed by atoms with E-state index in [1.165, 1.54) is 17.0 Å². The molecule has 1 aromatic carbocycles. The Labute approximate surface area is 146 Å². The summed E-state index contributed by atoms with van der Waals surface area (Å²) in [6.07, 6.45) is 3.36. The van der Waals surface area contributed by atoms with Gasteiger partial charge in [0.25, 0.3) is 0 Å². The first kappa shape index (κ1) is 17.6. The van der Waals surface area contributed by atoms with Crippen LogP contribution < -0.4 is 0 Å². The van der Waals surface area contributed by atoms with Gasteiger partial charge in [0, 0.05) is 13.6 Å². The Balaban J connectivity index is 1.71. The van der Waals surface area contributed by atoms with E-state index in [0.717, 1.165) is 30.6 Å². The third kappa shape index (κ3) is 3.30. The molecule has 2 fully saturated rings. The number of likely N-dealkylation sites (tertiary alicyclic amines) is 1. The Morgan fingerprint density at radius 2 is 1.84 bits per heavy atom. The highest BCUT2D eigenvalue weighted by atomic mass is 19.1. The summed E-state index contributed by atoms with van der Waals surface area (Å²) in [5, 5.41) is 0. The smallest absolute Gasteiger partial charge is 0.245 e. The van der Waals surface area contributed by atoms with Gasteiger partial charge in [0.2, 0.25) is 17.7 Å². The summed E-state index contributed by atoms with van der Waals surface area (Å²) in [5.41, 5.74) is 0.663. The van der Waals surface area contributed by atoms with Gasteiger partial charge in [0.05, 0.1) is 11.8 Å². The molecular weight excluding hydrogens is 323 g/mol. The Hall–Kier alpha value is -2.24. The minimum atomic E-state index is -0.829. The second kappa shape index (κ2) is 6.94. The maximum absolute atomic E-state index is 13.3. The van der Waals surface area contributed by atoms with Gasteiger partial charge in [-0.25, -0.2) is 4.39 Å². The van der Waals surface area contributed by atoms with Crippen LogP contribution in [0.1, 0.15) is 38.2 Å². The van der Waals surface area contributed by atoms with Crippen LogP contribution in [0.25, 0.3) is 0 Å². The molecule has 1 saturated heterocycles. The Kier molecular flexibility index (Phi) is 4.88. The Bertz CT molecular complexity index is 682. The number of benzene rings is 1. The topological polar surface area (TPSA) is 57.7 Å². The van der Waals surface area contributed by atoms with Crippen molar-refractivity contribution in [3.63, 3.8) is 0 Å². The highest BCUT2D eigenvalue weighted by Crippen LogP contribution is 2.39. The molecule has 3 amide bonds. The lowest BCUT2D eigenvalue weighted by molar-refractivity contribution is -0.150. The molecule has 3 unspecified atom stereocenters. The lowest BCUT2D eigenvalue weighted by atomic mass is 9.81. The second-order valence-corrected chi connectivity index (χ2v) is 7.04. The first-order valence-corrected chi connectivity index (χ1v) is 8.76. The van der Waals surface area contributed by atoms with Gasteiger partial charge in [-0.3, -0.25) is 19.3 Å². The molecule has 2 aliphatic rings. The van der Waals surface area contributed by atoms with Crippen LogP contribution in [0.15, 0.2) is 24.3 Å². The van der Waals surface area contributed by atoms with Gasteiger partial charge in [-0.2, -0.15) is 0 Å². The molecule has 0 spiro atoms. The van der Waals surface area contributed by atoms with E-state index in [1.807, 2.05) is 0 Å². The quantitative estimate of drug-likeness (QED) is 0.787. The molecule has 25 heavy (non-hydrogen) atoms. The number of likely N-dealkylation sites (N-methyl/N-ethyl adjacent to an activating group) is 1. The molecule has 0 bridgehead atoms. The van der Waals surface area contributed by atoms with Crippen molar-refractivity contribution in [3.8, 4) is 0 Å². The van der Waals surface area contributed by atoms with Crippen LogP contribution in [0.3, 0.4) is 0 Å². The number of hydrogen-bond donors (Lipinski definition) is 0. The van der Waals surface area contributed by atoms with Gasteiger partial charge in [-0.1, -0.05) is 25.0 Å². The molecular formula is C19H23FN2O3. The molecule has 6 heteroatoms. The van der Waals surface area contributed by atoms with E-state index in [-0.39, 0.29) is 41.9 Å². The molecule has 0 radical (unpaired) electrons. The third-order valence-electron chi connectivity index (χ3n) is 5.30. The molecule has 5 nitrogen and oxygen atoms in total. The molecule has 0 N–H and O–H groups in total. The molecule has 1 heterocycles. The molecule has 0 aromatic heterocycles. The van der Waals surface area contributed by atoms with Crippen LogP contribution in [-0.2, 0) is 20.9 Å². The van der Waals surface area contributed by atoms with Crippen molar-refractivity contribution in [3.05, 3.63) is 35.6 Å². The Morgan fingerprint density at radius 1 is 1.24 bits per heavy atom. The first-order chi connectivity index (χ1) is 11.9. The number of hydrogen-bond acceptors (Lipinski definition) is 3. The average Bonchev–Trinajstić information content (AvgIpc) is 2.85. The number of nitrogens with zero attached hydrogens (tertiary/aromatic N) is 2. The fourth-order valence-corrected chi connectivity index (χ4v) is 3.99. The van der Waals surface area contributed by atoms with Gasteiger partial charge in [-0.05, 0) is 37.5 Å². The SMILES string of the molecule is CC(C(=O)N(C)Cc1cccc(F)c1)N1C(=O)C2CCCCC2C1=O. The summed E-state index contributed by atoms with van der Waals surface area (Å²) in [5.74, 6) is -1.62. The van der Waals surface area contributed by atoms with Crippen LogP contribution in [-0.4, -0.2) is 40.6 Å². The van der Waals surface area contributed by atoms with E-state index in [4.69, 9.17) is 0 Å². The van der Waals surface area contributed by atoms with E-state index < -0.39 is 6.04 Å². The average molecular weight is 346 g/mol. The van der Waals surface area contributed by atoms with Crippen LogP contribution in [0.5, 0.6) is 0 Å². The van der Waals surface area contributed by atoms with Gasteiger partial charge in [-0.15, -0.1) is 0 Å². The van der Waals surface area contributed by atoms with Crippen molar-refractivity contribution >= 4 is 17.7 Å². The number of amides is 3. The summed E-state index contributed by atoms with van der Waals surface area (Å²) >= 11 is 0. The summed E-state index contributed by atoms with van der Waals surface area (Å²) in [7, 11) is 1.60. The number of imide groups is 1. The number of carbonyl (C=O) groups excluding carboxylic acids is 3. The lowest BCUT2D eigenvalue weighted by Crippen LogP contribution is -2.48. The zero-order valence-corrected chi connectivity index (χ0v) is 14.6. The maximum atomic E-state index is 13.3. The number of carbonyl (C=O) groups is 3. The predicted molar refractivity (Wildman–Crippen MR) is 89.6 cm³/mol. The van der Waals surface area contributed by atoms with Crippen LogP contribution in [0.4, 0.5) is 4.39 Å². The summed E-state index contributed by atoms with van der Waals surface area (Å²) in [4.78, 5) is 40.5. The molecule has 1 saturated carbocycles. The lowest BCUT2D eigenvalue weighted by Gasteiger charge is -2.27. The summed E-state index contributed by atoms with van der Waals surface area (Å²) in [6, 6.07) is 5.21. The largest absolute Gasteiger partial charge is 0.340 e.